The summed E-state index contributed by atoms with van der Waals surface area (Å²) in [5, 5.41) is 4.77. The van der Waals surface area contributed by atoms with E-state index in [1.165, 1.54) is 10.4 Å². The highest BCUT2D eigenvalue weighted by Gasteiger charge is 2.21. The lowest BCUT2D eigenvalue weighted by molar-refractivity contribution is -0.131. The molecule has 1 N–H and O–H groups in total. The van der Waals surface area contributed by atoms with Crippen molar-refractivity contribution in [1.29, 1.82) is 0 Å². The fourth-order valence-corrected chi connectivity index (χ4v) is 3.43. The van der Waals surface area contributed by atoms with Gasteiger partial charge in [0.1, 0.15) is 0 Å². The Hall–Kier alpha value is -2.14. The van der Waals surface area contributed by atoms with Crippen LogP contribution in [0.3, 0.4) is 0 Å². The summed E-state index contributed by atoms with van der Waals surface area (Å²) in [5.41, 5.74) is 2.92. The number of carbonyl (C=O) groups is 2. The van der Waals surface area contributed by atoms with Gasteiger partial charge < -0.3 is 10.2 Å². The molecule has 0 radical (unpaired) electrons. The Balaban J connectivity index is 1.54. The molecule has 2 aromatic rings. The van der Waals surface area contributed by atoms with Crippen LogP contribution in [0.1, 0.15) is 26.4 Å². The maximum Gasteiger partial charge on any atom is 0.251 e. The van der Waals surface area contributed by atoms with E-state index in [-0.39, 0.29) is 18.4 Å². The van der Waals surface area contributed by atoms with Crippen LogP contribution >= 0.6 is 11.3 Å². The summed E-state index contributed by atoms with van der Waals surface area (Å²) in [5.74, 6) is -0.237. The highest BCUT2D eigenvalue weighted by molar-refractivity contribution is 7.10. The summed E-state index contributed by atoms with van der Waals surface area (Å²) in [7, 11) is 0. The smallest absolute Gasteiger partial charge is 0.251 e. The number of hydrogen-bond acceptors (Lipinski definition) is 3. The standard InChI is InChI=1S/C17H18N2O2S/c1-12-2-4-13(5-3-12)17(21)18-10-16(20)19-8-6-15-14(11-19)7-9-22-15/h2-5,7,9H,6,8,10-11H2,1H3,(H,18,21). The van der Waals surface area contributed by atoms with Crippen molar-refractivity contribution in [3.05, 3.63) is 57.3 Å². The van der Waals surface area contributed by atoms with Gasteiger partial charge in [0.15, 0.2) is 0 Å². The highest BCUT2D eigenvalue weighted by atomic mass is 32.1. The maximum atomic E-state index is 12.2. The number of nitrogens with one attached hydrogen (secondary N) is 1. The summed E-state index contributed by atoms with van der Waals surface area (Å²) < 4.78 is 0. The van der Waals surface area contributed by atoms with Crippen molar-refractivity contribution in [2.45, 2.75) is 19.9 Å². The average molecular weight is 314 g/mol. The number of carbonyl (C=O) groups excluding carboxylic acids is 2. The second-order valence-corrected chi connectivity index (χ2v) is 6.48. The first-order valence-electron chi connectivity index (χ1n) is 7.31. The highest BCUT2D eigenvalue weighted by Crippen LogP contribution is 2.23. The van der Waals surface area contributed by atoms with Gasteiger partial charge in [0.05, 0.1) is 6.54 Å². The number of thiophene rings is 1. The van der Waals surface area contributed by atoms with E-state index in [0.29, 0.717) is 12.1 Å². The molecule has 0 unspecified atom stereocenters. The van der Waals surface area contributed by atoms with Crippen LogP contribution in [0.25, 0.3) is 0 Å². The third-order valence-corrected chi connectivity index (χ3v) is 4.90. The Morgan fingerprint density at radius 1 is 1.23 bits per heavy atom. The molecule has 0 spiro atoms. The molecule has 114 valence electrons. The molecule has 4 nitrogen and oxygen atoms in total. The Morgan fingerprint density at radius 2 is 2.00 bits per heavy atom. The lowest BCUT2D eigenvalue weighted by Gasteiger charge is -2.27. The topological polar surface area (TPSA) is 49.4 Å². The van der Waals surface area contributed by atoms with E-state index in [4.69, 9.17) is 0 Å². The van der Waals surface area contributed by atoms with E-state index in [9.17, 15) is 9.59 Å². The molecule has 0 atom stereocenters. The molecule has 0 bridgehead atoms. The summed E-state index contributed by atoms with van der Waals surface area (Å²) in [4.78, 5) is 27.4. The maximum absolute atomic E-state index is 12.2. The van der Waals surface area contributed by atoms with Gasteiger partial charge >= 0.3 is 0 Å². The van der Waals surface area contributed by atoms with Gasteiger partial charge in [-0.25, -0.2) is 0 Å². The van der Waals surface area contributed by atoms with E-state index in [1.807, 2.05) is 24.0 Å². The minimum Gasteiger partial charge on any atom is -0.343 e. The van der Waals surface area contributed by atoms with Gasteiger partial charge in [-0.3, -0.25) is 9.59 Å². The minimum absolute atomic E-state index is 0.0303. The SMILES string of the molecule is Cc1ccc(C(=O)NCC(=O)N2CCc3sccc3C2)cc1. The van der Waals surface area contributed by atoms with Crippen molar-refractivity contribution in [3.63, 3.8) is 0 Å². The summed E-state index contributed by atoms with van der Waals surface area (Å²) in [6.07, 6.45) is 0.907. The first-order chi connectivity index (χ1) is 10.6. The van der Waals surface area contributed by atoms with Crippen LogP contribution < -0.4 is 5.32 Å². The van der Waals surface area contributed by atoms with Crippen molar-refractivity contribution in [3.8, 4) is 0 Å². The van der Waals surface area contributed by atoms with E-state index in [1.54, 1.807) is 23.5 Å². The molecule has 3 rings (SSSR count). The summed E-state index contributed by atoms with van der Waals surface area (Å²) >= 11 is 1.75. The van der Waals surface area contributed by atoms with Gasteiger partial charge in [0.25, 0.3) is 5.91 Å². The number of hydrogen-bond donors (Lipinski definition) is 1. The van der Waals surface area contributed by atoms with Gasteiger partial charge in [0, 0.05) is 23.5 Å². The van der Waals surface area contributed by atoms with Crippen LogP contribution in [-0.2, 0) is 17.8 Å². The quantitative estimate of drug-likeness (QED) is 0.945. The zero-order chi connectivity index (χ0) is 15.5. The molecule has 0 aliphatic carbocycles. The van der Waals surface area contributed by atoms with Crippen molar-refractivity contribution in [1.82, 2.24) is 10.2 Å². The zero-order valence-corrected chi connectivity index (χ0v) is 13.3. The second-order valence-electron chi connectivity index (χ2n) is 5.48. The first kappa shape index (κ1) is 14.8. The van der Waals surface area contributed by atoms with E-state index in [0.717, 1.165) is 18.5 Å². The van der Waals surface area contributed by atoms with Crippen LogP contribution in [0, 0.1) is 6.92 Å². The number of rotatable bonds is 3. The summed E-state index contributed by atoms with van der Waals surface area (Å²) in [6, 6.07) is 9.39. The Labute approximate surface area is 133 Å². The molecule has 2 heterocycles. The van der Waals surface area contributed by atoms with Crippen molar-refractivity contribution < 1.29 is 9.59 Å². The molecular formula is C17H18N2O2S. The molecule has 0 saturated carbocycles. The fraction of sp³-hybridized carbons (Fsp3) is 0.294. The van der Waals surface area contributed by atoms with Gasteiger partial charge in [-0.1, -0.05) is 17.7 Å². The molecule has 2 amide bonds. The first-order valence-corrected chi connectivity index (χ1v) is 8.19. The normalized spacial score (nSPS) is 13.6. The molecule has 1 aromatic carbocycles. The third-order valence-electron chi connectivity index (χ3n) is 3.87. The third kappa shape index (κ3) is 3.20. The Bertz CT molecular complexity index is 691. The van der Waals surface area contributed by atoms with Crippen LogP contribution in [0.2, 0.25) is 0 Å². The largest absolute Gasteiger partial charge is 0.343 e. The molecule has 0 saturated heterocycles. The van der Waals surface area contributed by atoms with Crippen LogP contribution in [-0.4, -0.2) is 29.8 Å². The number of fused-ring (bicyclic) bond motifs is 1. The zero-order valence-electron chi connectivity index (χ0n) is 12.5. The van der Waals surface area contributed by atoms with Gasteiger partial charge in [0.2, 0.25) is 5.91 Å². The number of amides is 2. The van der Waals surface area contributed by atoms with Gasteiger partial charge in [-0.2, -0.15) is 0 Å². The predicted octanol–water partition coefficient (Wildman–Crippen LogP) is 2.37. The van der Waals surface area contributed by atoms with Crippen LogP contribution in [0.4, 0.5) is 0 Å². The van der Waals surface area contributed by atoms with Gasteiger partial charge in [-0.05, 0) is 42.5 Å². The molecule has 0 fully saturated rings. The Morgan fingerprint density at radius 3 is 2.77 bits per heavy atom. The minimum atomic E-state index is -0.207. The lowest BCUT2D eigenvalue weighted by Crippen LogP contribution is -2.42. The number of nitrogens with zero attached hydrogens (tertiary/aromatic N) is 1. The van der Waals surface area contributed by atoms with Crippen molar-refractivity contribution >= 4 is 23.2 Å². The lowest BCUT2D eigenvalue weighted by atomic mass is 10.1. The number of benzene rings is 1. The molecule has 22 heavy (non-hydrogen) atoms. The van der Waals surface area contributed by atoms with E-state index < -0.39 is 0 Å². The molecule has 5 heteroatoms. The van der Waals surface area contributed by atoms with E-state index in [2.05, 4.69) is 16.8 Å². The van der Waals surface area contributed by atoms with Crippen LogP contribution in [0.5, 0.6) is 0 Å². The molecule has 1 aliphatic heterocycles. The monoisotopic (exact) mass is 314 g/mol. The Kier molecular flexibility index (Phi) is 4.24. The van der Waals surface area contributed by atoms with Crippen molar-refractivity contribution in [2.75, 3.05) is 13.1 Å². The number of aryl methyl sites for hydroxylation is 1. The second kappa shape index (κ2) is 6.32. The van der Waals surface area contributed by atoms with E-state index >= 15 is 0 Å². The van der Waals surface area contributed by atoms with Gasteiger partial charge in [-0.15, -0.1) is 11.3 Å². The molecule has 1 aliphatic rings. The fourth-order valence-electron chi connectivity index (χ4n) is 2.54. The average Bonchev–Trinajstić information content (AvgIpc) is 3.00. The summed E-state index contributed by atoms with van der Waals surface area (Å²) in [6.45, 7) is 3.40. The van der Waals surface area contributed by atoms with Crippen molar-refractivity contribution in [2.24, 2.45) is 0 Å². The molecular weight excluding hydrogens is 296 g/mol. The van der Waals surface area contributed by atoms with Crippen LogP contribution in [0.15, 0.2) is 35.7 Å². The molecule has 1 aromatic heterocycles. The predicted molar refractivity (Wildman–Crippen MR) is 87.0 cm³/mol.